The molecular formula is C12H24N2O6. The third-order valence-electron chi connectivity index (χ3n) is 3.13. The molecule has 1 atom stereocenters. The largest absolute Gasteiger partial charge is 0.312 e. The number of rotatable bonds is 13. The van der Waals surface area contributed by atoms with Crippen LogP contribution < -0.4 is 0 Å². The van der Waals surface area contributed by atoms with Crippen LogP contribution in [0, 0.1) is 26.1 Å². The molecule has 0 saturated heterocycles. The van der Waals surface area contributed by atoms with Gasteiger partial charge in [0.1, 0.15) is 12.7 Å². The van der Waals surface area contributed by atoms with Crippen LogP contribution in [0.1, 0.15) is 58.8 Å². The van der Waals surface area contributed by atoms with E-state index in [2.05, 4.69) is 23.5 Å². The van der Waals surface area contributed by atoms with Gasteiger partial charge in [-0.3, -0.25) is 0 Å². The van der Waals surface area contributed by atoms with Gasteiger partial charge in [0.05, 0.1) is 0 Å². The zero-order valence-electron chi connectivity index (χ0n) is 12.2. The lowest BCUT2D eigenvalue weighted by Gasteiger charge is -2.17. The molecule has 0 aromatic rings. The number of hydrogen-bond acceptors (Lipinski definition) is 6. The first kappa shape index (κ1) is 18.4. The van der Waals surface area contributed by atoms with E-state index < -0.39 is 22.9 Å². The highest BCUT2D eigenvalue weighted by Crippen LogP contribution is 2.21. The monoisotopic (exact) mass is 292 g/mol. The third-order valence-corrected chi connectivity index (χ3v) is 3.13. The predicted molar refractivity (Wildman–Crippen MR) is 72.0 cm³/mol. The maximum atomic E-state index is 10.3. The number of nitrogens with zero attached hydrogens (tertiary/aromatic N) is 2. The molecular weight excluding hydrogens is 268 g/mol. The molecule has 8 nitrogen and oxygen atoms in total. The summed E-state index contributed by atoms with van der Waals surface area (Å²) in [6.07, 6.45) is 5.72. The van der Waals surface area contributed by atoms with E-state index in [1.165, 1.54) is 0 Å². The zero-order chi connectivity index (χ0) is 15.4. The SMILES string of the molecule is CCCC(CCC)CCCC(CO[N+](=O)[O-])O[N+](=O)[O-]. The Morgan fingerprint density at radius 1 is 0.950 bits per heavy atom. The van der Waals surface area contributed by atoms with Gasteiger partial charge in [-0.25, -0.2) is 0 Å². The minimum atomic E-state index is -0.965. The second-order valence-electron chi connectivity index (χ2n) is 4.84. The van der Waals surface area contributed by atoms with Crippen molar-refractivity contribution in [1.82, 2.24) is 0 Å². The minimum Gasteiger partial charge on any atom is -0.312 e. The standard InChI is InChI=1S/C12H24N2O6/c1-3-6-11(7-4-2)8-5-9-12(20-14(17)18)10-19-13(15)16/h11-12H,3-10H2,1-2H3. The van der Waals surface area contributed by atoms with E-state index in [4.69, 9.17) is 0 Å². The molecule has 0 amide bonds. The molecule has 20 heavy (non-hydrogen) atoms. The van der Waals surface area contributed by atoms with Crippen LogP contribution in [0.5, 0.6) is 0 Å². The lowest BCUT2D eigenvalue weighted by Crippen LogP contribution is -2.24. The van der Waals surface area contributed by atoms with Gasteiger partial charge in [-0.2, -0.15) is 0 Å². The molecule has 0 aliphatic heterocycles. The average Bonchev–Trinajstić information content (AvgIpc) is 2.35. The van der Waals surface area contributed by atoms with Gasteiger partial charge in [-0.1, -0.05) is 52.4 Å². The Labute approximate surface area is 118 Å². The van der Waals surface area contributed by atoms with Gasteiger partial charge in [0.15, 0.2) is 0 Å². The van der Waals surface area contributed by atoms with Crippen molar-refractivity contribution in [3.63, 3.8) is 0 Å². The van der Waals surface area contributed by atoms with Gasteiger partial charge in [0.25, 0.3) is 10.2 Å². The highest BCUT2D eigenvalue weighted by Gasteiger charge is 2.16. The summed E-state index contributed by atoms with van der Waals surface area (Å²) in [6.45, 7) is 3.86. The fraction of sp³-hybridized carbons (Fsp3) is 1.00. The molecule has 0 bridgehead atoms. The van der Waals surface area contributed by atoms with Crippen molar-refractivity contribution in [2.75, 3.05) is 6.61 Å². The first-order chi connectivity index (χ1) is 9.49. The summed E-state index contributed by atoms with van der Waals surface area (Å²) >= 11 is 0. The average molecular weight is 292 g/mol. The van der Waals surface area contributed by atoms with Crippen molar-refractivity contribution in [2.24, 2.45) is 5.92 Å². The summed E-state index contributed by atoms with van der Waals surface area (Å²) in [4.78, 5) is 29.0. The third kappa shape index (κ3) is 10.3. The molecule has 0 aromatic heterocycles. The van der Waals surface area contributed by atoms with Gasteiger partial charge in [-0.15, -0.1) is 20.2 Å². The summed E-state index contributed by atoms with van der Waals surface area (Å²) in [5.74, 6) is 0.609. The van der Waals surface area contributed by atoms with Crippen LogP contribution in [0.3, 0.4) is 0 Å². The van der Waals surface area contributed by atoms with Gasteiger partial charge >= 0.3 is 0 Å². The van der Waals surface area contributed by atoms with Crippen molar-refractivity contribution < 1.29 is 19.8 Å². The Kier molecular flexibility index (Phi) is 10.3. The van der Waals surface area contributed by atoms with Crippen molar-refractivity contribution in [3.8, 4) is 0 Å². The smallest absolute Gasteiger partial charge is 0.294 e. The quantitative estimate of drug-likeness (QED) is 0.381. The van der Waals surface area contributed by atoms with E-state index in [1.54, 1.807) is 0 Å². The lowest BCUT2D eigenvalue weighted by atomic mass is 9.92. The minimum absolute atomic E-state index is 0.388. The van der Waals surface area contributed by atoms with E-state index in [0.29, 0.717) is 12.3 Å². The highest BCUT2D eigenvalue weighted by atomic mass is 17.0. The van der Waals surface area contributed by atoms with Crippen molar-refractivity contribution in [1.29, 1.82) is 0 Å². The van der Waals surface area contributed by atoms with Crippen LogP contribution in [-0.2, 0) is 9.68 Å². The van der Waals surface area contributed by atoms with Crippen molar-refractivity contribution >= 4 is 0 Å². The maximum Gasteiger partial charge on any atom is 0.294 e. The summed E-state index contributed by atoms with van der Waals surface area (Å²) < 4.78 is 0. The molecule has 0 aliphatic rings. The highest BCUT2D eigenvalue weighted by molar-refractivity contribution is 4.62. The Morgan fingerprint density at radius 3 is 2.00 bits per heavy atom. The van der Waals surface area contributed by atoms with Crippen LogP contribution in [0.4, 0.5) is 0 Å². The van der Waals surface area contributed by atoms with Crippen LogP contribution >= 0.6 is 0 Å². The molecule has 0 rings (SSSR count). The molecule has 0 spiro atoms. The van der Waals surface area contributed by atoms with E-state index in [0.717, 1.165) is 38.5 Å². The van der Waals surface area contributed by atoms with Gasteiger partial charge in [-0.05, 0) is 12.3 Å². The molecule has 0 heterocycles. The van der Waals surface area contributed by atoms with Gasteiger partial charge in [0, 0.05) is 0 Å². The summed E-state index contributed by atoms with van der Waals surface area (Å²) in [6, 6.07) is 0. The maximum absolute atomic E-state index is 10.3. The summed E-state index contributed by atoms with van der Waals surface area (Å²) in [5, 5.41) is 18.5. The Bertz CT molecular complexity index is 281. The Balaban J connectivity index is 4.08. The molecule has 1 unspecified atom stereocenters. The van der Waals surface area contributed by atoms with Crippen LogP contribution in [0.25, 0.3) is 0 Å². The molecule has 0 radical (unpaired) electrons. The lowest BCUT2D eigenvalue weighted by molar-refractivity contribution is -0.790. The van der Waals surface area contributed by atoms with E-state index >= 15 is 0 Å². The van der Waals surface area contributed by atoms with Crippen molar-refractivity contribution in [3.05, 3.63) is 20.2 Å². The van der Waals surface area contributed by atoms with Crippen molar-refractivity contribution in [2.45, 2.75) is 64.9 Å². The molecule has 8 heteroatoms. The first-order valence-electron chi connectivity index (χ1n) is 7.08. The van der Waals surface area contributed by atoms with E-state index in [-0.39, 0.29) is 0 Å². The normalized spacial score (nSPS) is 12.2. The molecule has 0 aromatic carbocycles. The Morgan fingerprint density at radius 2 is 1.55 bits per heavy atom. The fourth-order valence-corrected chi connectivity index (χ4v) is 2.32. The summed E-state index contributed by atoms with van der Waals surface area (Å²) in [5.41, 5.74) is 0. The zero-order valence-corrected chi connectivity index (χ0v) is 12.2. The fourth-order valence-electron chi connectivity index (χ4n) is 2.32. The van der Waals surface area contributed by atoms with E-state index in [1.807, 2.05) is 0 Å². The first-order valence-corrected chi connectivity index (χ1v) is 7.08. The van der Waals surface area contributed by atoms with E-state index in [9.17, 15) is 20.2 Å². The summed E-state index contributed by atoms with van der Waals surface area (Å²) in [7, 11) is 0. The van der Waals surface area contributed by atoms with Gasteiger partial charge < -0.3 is 9.68 Å². The molecule has 0 aliphatic carbocycles. The molecule has 0 fully saturated rings. The van der Waals surface area contributed by atoms with Crippen LogP contribution in [-0.4, -0.2) is 22.9 Å². The Hall–Kier alpha value is -1.60. The molecule has 0 N–H and O–H groups in total. The van der Waals surface area contributed by atoms with Crippen LogP contribution in [0.15, 0.2) is 0 Å². The second kappa shape index (κ2) is 11.2. The molecule has 118 valence electrons. The van der Waals surface area contributed by atoms with Gasteiger partial charge in [0.2, 0.25) is 0 Å². The molecule has 0 saturated carbocycles. The predicted octanol–water partition coefficient (Wildman–Crippen LogP) is 3.16. The van der Waals surface area contributed by atoms with Crippen LogP contribution in [0.2, 0.25) is 0 Å². The second-order valence-corrected chi connectivity index (χ2v) is 4.84. The number of hydrogen-bond donors (Lipinski definition) is 0. The topological polar surface area (TPSA) is 105 Å².